The third kappa shape index (κ3) is 4.54. The molecule has 1 aliphatic heterocycles. The van der Waals surface area contributed by atoms with Crippen LogP contribution in [0.4, 0.5) is 0 Å². The molecule has 0 spiro atoms. The number of carbonyl (C=O) groups excluding carboxylic acids is 1. The molecular formula is C24H22ClN5O3S. The highest BCUT2D eigenvalue weighted by Crippen LogP contribution is 2.30. The summed E-state index contributed by atoms with van der Waals surface area (Å²) >= 11 is 7.63. The van der Waals surface area contributed by atoms with Gasteiger partial charge in [-0.05, 0) is 30.3 Å². The molecule has 2 aromatic heterocycles. The lowest BCUT2D eigenvalue weighted by atomic mass is 10.1. The number of fused-ring (bicyclic) bond motifs is 1. The van der Waals surface area contributed by atoms with Crippen molar-refractivity contribution >= 4 is 33.8 Å². The van der Waals surface area contributed by atoms with E-state index in [9.17, 15) is 9.59 Å². The molecule has 2 aromatic carbocycles. The normalized spacial score (nSPS) is 14.5. The lowest BCUT2D eigenvalue weighted by Gasteiger charge is -2.34. The van der Waals surface area contributed by atoms with Crippen molar-refractivity contribution in [2.24, 2.45) is 0 Å². The molecule has 10 heteroatoms. The lowest BCUT2D eigenvalue weighted by molar-refractivity contribution is 0.0627. The van der Waals surface area contributed by atoms with Crippen molar-refractivity contribution < 1.29 is 9.53 Å². The molecule has 1 fully saturated rings. The third-order valence-corrected chi connectivity index (χ3v) is 7.06. The number of amides is 1. The Hall–Kier alpha value is -3.27. The monoisotopic (exact) mass is 495 g/mol. The van der Waals surface area contributed by atoms with E-state index in [-0.39, 0.29) is 11.5 Å². The van der Waals surface area contributed by atoms with Crippen LogP contribution in [0.3, 0.4) is 0 Å². The van der Waals surface area contributed by atoms with Gasteiger partial charge >= 0.3 is 0 Å². The second-order valence-electron chi connectivity index (χ2n) is 7.96. The molecular weight excluding hydrogens is 474 g/mol. The van der Waals surface area contributed by atoms with Crippen LogP contribution in [0.5, 0.6) is 5.75 Å². The molecule has 4 aromatic rings. The van der Waals surface area contributed by atoms with E-state index in [0.29, 0.717) is 59.0 Å². The molecule has 8 nitrogen and oxygen atoms in total. The minimum absolute atomic E-state index is 0.0110. The fourth-order valence-corrected chi connectivity index (χ4v) is 5.18. The smallest absolute Gasteiger partial charge is 0.275 e. The van der Waals surface area contributed by atoms with Crippen LogP contribution in [0.2, 0.25) is 5.02 Å². The highest BCUT2D eigenvalue weighted by atomic mass is 35.5. The summed E-state index contributed by atoms with van der Waals surface area (Å²) in [5.74, 6) is 0.735. The molecule has 0 saturated carbocycles. The number of aromatic nitrogens is 3. The van der Waals surface area contributed by atoms with Gasteiger partial charge in [0.05, 0.1) is 17.8 Å². The summed E-state index contributed by atoms with van der Waals surface area (Å²) in [5.41, 5.74) is 1.89. The number of halogens is 1. The number of hydrogen-bond acceptors (Lipinski definition) is 7. The quantitative estimate of drug-likeness (QED) is 0.422. The number of carbonyl (C=O) groups is 1. The van der Waals surface area contributed by atoms with Crippen LogP contribution in [-0.2, 0) is 6.54 Å². The lowest BCUT2D eigenvalue weighted by Crippen LogP contribution is -2.48. The van der Waals surface area contributed by atoms with Crippen LogP contribution in [0, 0.1) is 0 Å². The summed E-state index contributed by atoms with van der Waals surface area (Å²) in [6.45, 7) is 3.18. The van der Waals surface area contributed by atoms with Crippen LogP contribution in [0.1, 0.15) is 16.1 Å². The minimum atomic E-state index is -0.220. The van der Waals surface area contributed by atoms with Crippen LogP contribution < -0.4 is 10.3 Å². The van der Waals surface area contributed by atoms with Gasteiger partial charge in [-0.3, -0.25) is 14.5 Å². The highest BCUT2D eigenvalue weighted by Gasteiger charge is 2.23. The van der Waals surface area contributed by atoms with Gasteiger partial charge in [-0.2, -0.15) is 9.61 Å². The molecule has 0 atom stereocenters. The maximum atomic E-state index is 12.8. The van der Waals surface area contributed by atoms with E-state index < -0.39 is 0 Å². The van der Waals surface area contributed by atoms with E-state index in [1.165, 1.54) is 21.9 Å². The standard InChI is InChI=1S/C24H22ClN5O3S/c1-33-18-8-6-16(7-9-18)23(32)29-12-10-28(11-13-29)15-17-14-21(31)30-24(26-17)34-22(27-30)19-4-2-3-5-20(19)25/h2-9,14H,10-13,15H2,1H3. The molecule has 0 N–H and O–H groups in total. The van der Waals surface area contributed by atoms with E-state index in [1.54, 1.807) is 37.4 Å². The number of methoxy groups -OCH3 is 1. The number of benzene rings is 2. The van der Waals surface area contributed by atoms with Crippen molar-refractivity contribution in [3.63, 3.8) is 0 Å². The molecule has 1 amide bonds. The van der Waals surface area contributed by atoms with Gasteiger partial charge in [-0.25, -0.2) is 4.98 Å². The largest absolute Gasteiger partial charge is 0.497 e. The van der Waals surface area contributed by atoms with Crippen LogP contribution in [-0.4, -0.2) is 63.6 Å². The van der Waals surface area contributed by atoms with Gasteiger partial charge in [-0.1, -0.05) is 41.1 Å². The SMILES string of the molecule is COc1ccc(C(=O)N2CCN(Cc3cc(=O)n4nc(-c5ccccc5Cl)sc4n3)CC2)cc1. The Kier molecular flexibility index (Phi) is 6.32. The van der Waals surface area contributed by atoms with Crippen molar-refractivity contribution in [3.05, 3.63) is 81.2 Å². The zero-order valence-electron chi connectivity index (χ0n) is 18.5. The van der Waals surface area contributed by atoms with Crippen molar-refractivity contribution in [2.45, 2.75) is 6.54 Å². The average Bonchev–Trinajstić information content (AvgIpc) is 3.29. The van der Waals surface area contributed by atoms with E-state index in [1.807, 2.05) is 23.1 Å². The fraction of sp³-hybridized carbons (Fsp3) is 0.250. The fourth-order valence-electron chi connectivity index (χ4n) is 3.94. The predicted molar refractivity (Wildman–Crippen MR) is 132 cm³/mol. The second kappa shape index (κ2) is 9.54. The van der Waals surface area contributed by atoms with Gasteiger partial charge in [0.25, 0.3) is 11.5 Å². The van der Waals surface area contributed by atoms with E-state index in [2.05, 4.69) is 15.0 Å². The Morgan fingerprint density at radius 3 is 2.53 bits per heavy atom. The number of hydrogen-bond donors (Lipinski definition) is 0. The first kappa shape index (κ1) is 22.5. The van der Waals surface area contributed by atoms with Gasteiger partial charge in [0.2, 0.25) is 4.96 Å². The zero-order valence-corrected chi connectivity index (χ0v) is 20.1. The second-order valence-corrected chi connectivity index (χ2v) is 9.33. The molecule has 1 aliphatic rings. The molecule has 3 heterocycles. The van der Waals surface area contributed by atoms with Gasteiger partial charge in [0, 0.05) is 49.9 Å². The molecule has 0 aliphatic carbocycles. The van der Waals surface area contributed by atoms with Crippen LogP contribution >= 0.6 is 22.9 Å². The summed E-state index contributed by atoms with van der Waals surface area (Å²) < 4.78 is 6.48. The minimum Gasteiger partial charge on any atom is -0.497 e. The topological polar surface area (TPSA) is 80.0 Å². The van der Waals surface area contributed by atoms with Gasteiger partial charge in [-0.15, -0.1) is 0 Å². The van der Waals surface area contributed by atoms with E-state index >= 15 is 0 Å². The molecule has 5 rings (SSSR count). The van der Waals surface area contributed by atoms with Crippen LogP contribution in [0.25, 0.3) is 15.5 Å². The highest BCUT2D eigenvalue weighted by molar-refractivity contribution is 7.19. The molecule has 34 heavy (non-hydrogen) atoms. The first-order chi connectivity index (χ1) is 16.5. The number of nitrogens with zero attached hydrogens (tertiary/aromatic N) is 5. The van der Waals surface area contributed by atoms with E-state index in [0.717, 1.165) is 11.3 Å². The zero-order chi connectivity index (χ0) is 23.7. The van der Waals surface area contributed by atoms with Gasteiger partial charge < -0.3 is 9.64 Å². The average molecular weight is 496 g/mol. The molecule has 0 unspecified atom stereocenters. The summed E-state index contributed by atoms with van der Waals surface area (Å²) in [5, 5.41) is 5.64. The van der Waals surface area contributed by atoms with Crippen LogP contribution in [0.15, 0.2) is 59.4 Å². The third-order valence-electron chi connectivity index (χ3n) is 5.78. The maximum Gasteiger partial charge on any atom is 0.275 e. The number of piperazine rings is 1. The maximum absolute atomic E-state index is 12.8. The predicted octanol–water partition coefficient (Wildman–Crippen LogP) is 3.44. The number of rotatable bonds is 5. The Morgan fingerprint density at radius 2 is 1.82 bits per heavy atom. The first-order valence-electron chi connectivity index (χ1n) is 10.8. The van der Waals surface area contributed by atoms with Crippen molar-refractivity contribution in [1.29, 1.82) is 0 Å². The van der Waals surface area contributed by atoms with Crippen molar-refractivity contribution in [1.82, 2.24) is 24.4 Å². The Balaban J connectivity index is 1.26. The van der Waals surface area contributed by atoms with Gasteiger partial charge in [0.1, 0.15) is 10.8 Å². The molecule has 174 valence electrons. The summed E-state index contributed by atoms with van der Waals surface area (Å²) in [6.07, 6.45) is 0. The Bertz CT molecular complexity index is 1390. The summed E-state index contributed by atoms with van der Waals surface area (Å²) in [7, 11) is 1.60. The van der Waals surface area contributed by atoms with E-state index in [4.69, 9.17) is 16.3 Å². The molecule has 0 radical (unpaired) electrons. The number of ether oxygens (including phenoxy) is 1. The molecule has 1 saturated heterocycles. The summed E-state index contributed by atoms with van der Waals surface area (Å²) in [4.78, 5) is 34.7. The Labute approximate surface area is 205 Å². The Morgan fingerprint density at radius 1 is 1.09 bits per heavy atom. The van der Waals surface area contributed by atoms with Crippen molar-refractivity contribution in [2.75, 3.05) is 33.3 Å². The first-order valence-corrected chi connectivity index (χ1v) is 12.0. The van der Waals surface area contributed by atoms with Gasteiger partial charge in [0.15, 0.2) is 0 Å². The molecule has 0 bridgehead atoms. The van der Waals surface area contributed by atoms with Crippen molar-refractivity contribution in [3.8, 4) is 16.3 Å². The summed E-state index contributed by atoms with van der Waals surface area (Å²) in [6, 6.07) is 16.1.